The molecule has 0 radical (unpaired) electrons. The molecule has 1 amide bonds. The van der Waals surface area contributed by atoms with Gasteiger partial charge in [0, 0.05) is 29.9 Å². The number of carbonyl (C=O) groups excluding carboxylic acids is 1. The van der Waals surface area contributed by atoms with Gasteiger partial charge in [0.25, 0.3) is 6.43 Å². The van der Waals surface area contributed by atoms with E-state index >= 15 is 0 Å². The van der Waals surface area contributed by atoms with Crippen LogP contribution < -0.4 is 11.5 Å². The number of nitrogens with two attached hydrogens (primary N) is 2. The van der Waals surface area contributed by atoms with Gasteiger partial charge >= 0.3 is 6.09 Å². The quantitative estimate of drug-likeness (QED) is 0.191. The van der Waals surface area contributed by atoms with Crippen LogP contribution in [0.1, 0.15) is 36.9 Å². The van der Waals surface area contributed by atoms with Crippen LogP contribution in [-0.4, -0.2) is 46.7 Å². The van der Waals surface area contributed by atoms with Gasteiger partial charge in [0.05, 0.1) is 21.6 Å². The van der Waals surface area contributed by atoms with E-state index in [1.54, 1.807) is 0 Å². The highest BCUT2D eigenvalue weighted by Gasteiger charge is 2.29. The van der Waals surface area contributed by atoms with Crippen molar-refractivity contribution < 1.29 is 35.5 Å². The summed E-state index contributed by atoms with van der Waals surface area (Å²) in [5.74, 6) is 3.46. The lowest BCUT2D eigenvalue weighted by atomic mass is 9.95. The third kappa shape index (κ3) is 7.06. The van der Waals surface area contributed by atoms with Gasteiger partial charge in [0.15, 0.2) is 21.8 Å². The maximum absolute atomic E-state index is 14.1. The van der Waals surface area contributed by atoms with Gasteiger partial charge < -0.3 is 16.2 Å². The first-order chi connectivity index (χ1) is 20.5. The third-order valence-electron chi connectivity index (χ3n) is 6.72. The Morgan fingerprint density at radius 2 is 1.75 bits per heavy atom. The number of rotatable bonds is 8. The molecule has 0 unspecified atom stereocenters. The first-order valence-corrected chi connectivity index (χ1v) is 15.1. The van der Waals surface area contributed by atoms with Crippen molar-refractivity contribution in [1.82, 2.24) is 14.8 Å². The molecule has 2 aromatic carbocycles. The number of nitrogen functional groups attached to an aromatic ring is 1. The first kappa shape index (κ1) is 32.6. The molecule has 9 nitrogen and oxygen atoms in total. The fourth-order valence-electron chi connectivity index (χ4n) is 4.39. The zero-order valence-corrected chi connectivity index (χ0v) is 25.1. The molecule has 0 saturated carbocycles. The SMILES string of the molecule is CC(C)(C#Cc1ccc(-c2ccc(Cl)c3c(N)nn(CC(F)F)c23)c([C@H](Cc2cc(F)cc(F)c2)OC(N)=O)n1)S(C)(=O)=O. The highest BCUT2D eigenvalue weighted by molar-refractivity contribution is 7.92. The molecule has 4 N–H and O–H groups in total. The van der Waals surface area contributed by atoms with Crippen molar-refractivity contribution in [2.75, 3.05) is 12.0 Å². The largest absolute Gasteiger partial charge is 0.439 e. The van der Waals surface area contributed by atoms with Gasteiger partial charge in [-0.05, 0) is 55.7 Å². The van der Waals surface area contributed by atoms with Gasteiger partial charge in [-0.2, -0.15) is 5.10 Å². The maximum atomic E-state index is 14.1. The second kappa shape index (κ2) is 12.3. The summed E-state index contributed by atoms with van der Waals surface area (Å²) in [6.07, 6.45) is -4.74. The van der Waals surface area contributed by atoms with Crippen LogP contribution in [0.15, 0.2) is 42.5 Å². The van der Waals surface area contributed by atoms with E-state index in [0.29, 0.717) is 6.07 Å². The molecule has 0 bridgehead atoms. The minimum absolute atomic E-state index is 0.0368. The second-order valence-electron chi connectivity index (χ2n) is 10.3. The number of alkyl halides is 2. The van der Waals surface area contributed by atoms with E-state index in [4.69, 9.17) is 27.8 Å². The highest BCUT2D eigenvalue weighted by Crippen LogP contribution is 2.40. The number of anilines is 1. The van der Waals surface area contributed by atoms with Gasteiger partial charge in [-0.1, -0.05) is 23.6 Å². The maximum Gasteiger partial charge on any atom is 0.405 e. The van der Waals surface area contributed by atoms with E-state index in [0.717, 1.165) is 23.1 Å². The van der Waals surface area contributed by atoms with E-state index in [9.17, 15) is 30.8 Å². The summed E-state index contributed by atoms with van der Waals surface area (Å²) in [7, 11) is -3.61. The zero-order chi connectivity index (χ0) is 32.6. The van der Waals surface area contributed by atoms with Gasteiger partial charge in [-0.15, -0.1) is 0 Å². The number of benzene rings is 2. The molecule has 4 rings (SSSR count). The molecule has 0 aliphatic carbocycles. The number of pyridine rings is 1. The molecular formula is C29H26ClF4N5O4S. The predicted molar refractivity (Wildman–Crippen MR) is 158 cm³/mol. The Labute approximate surface area is 255 Å². The Hall–Kier alpha value is -4.35. The van der Waals surface area contributed by atoms with E-state index in [2.05, 4.69) is 21.9 Å². The number of primary amides is 1. The van der Waals surface area contributed by atoms with Crippen LogP contribution in [0.5, 0.6) is 0 Å². The molecule has 1 atom stereocenters. The van der Waals surface area contributed by atoms with Gasteiger partial charge in [0.2, 0.25) is 0 Å². The first-order valence-electron chi connectivity index (χ1n) is 12.8. The average molecular weight is 652 g/mol. The lowest BCUT2D eigenvalue weighted by Gasteiger charge is -2.21. The van der Waals surface area contributed by atoms with E-state index in [1.165, 1.54) is 38.1 Å². The number of aromatic nitrogens is 3. The summed E-state index contributed by atoms with van der Waals surface area (Å²) < 4.78 is 84.5. The molecule has 0 aliphatic heterocycles. The number of amides is 1. The topological polar surface area (TPSA) is 143 Å². The summed E-state index contributed by atoms with van der Waals surface area (Å²) in [5.41, 5.74) is 12.0. The third-order valence-corrected chi connectivity index (χ3v) is 8.99. The average Bonchev–Trinajstić information content (AvgIpc) is 3.21. The number of fused-ring (bicyclic) bond motifs is 1. The lowest BCUT2D eigenvalue weighted by molar-refractivity contribution is 0.104. The number of carbonyl (C=O) groups is 1. The molecule has 0 saturated heterocycles. The standard InChI is InChI=1S/C29H26ClF4N5O4S/c1-29(2,44(3,41)42)9-8-18-4-5-19(20-6-7-21(30)24-26(20)39(14-23(33)34)38-27(24)35)25(37-18)22(43-28(36)40)12-15-10-16(31)13-17(32)11-15/h4-7,10-11,13,22-23H,12,14H2,1-3H3,(H2,35,38)(H2,36,40)/t22-/m0/s1. The van der Waals surface area contributed by atoms with Crippen molar-refractivity contribution in [2.24, 2.45) is 5.73 Å². The van der Waals surface area contributed by atoms with Crippen molar-refractivity contribution in [3.8, 4) is 23.0 Å². The Bertz CT molecular complexity index is 1920. The normalized spacial score (nSPS) is 12.7. The monoisotopic (exact) mass is 651 g/mol. The molecule has 2 heterocycles. The van der Waals surface area contributed by atoms with E-state index < -0.39 is 51.4 Å². The molecule has 0 aliphatic rings. The number of nitrogens with zero attached hydrogens (tertiary/aromatic N) is 3. The minimum Gasteiger partial charge on any atom is -0.439 e. The molecule has 232 valence electrons. The summed E-state index contributed by atoms with van der Waals surface area (Å²) in [6.45, 7) is 1.97. The Kier molecular flexibility index (Phi) is 9.13. The summed E-state index contributed by atoms with van der Waals surface area (Å²) in [5, 5.41) is 4.33. The number of sulfone groups is 1. The molecule has 0 spiro atoms. The van der Waals surface area contributed by atoms with Crippen molar-refractivity contribution in [3.05, 3.63) is 76.1 Å². The van der Waals surface area contributed by atoms with Crippen LogP contribution >= 0.6 is 11.6 Å². The van der Waals surface area contributed by atoms with Crippen LogP contribution in [0.25, 0.3) is 22.0 Å². The fraction of sp³-hybridized carbons (Fsp3) is 0.276. The molecule has 2 aromatic heterocycles. The smallest absolute Gasteiger partial charge is 0.405 e. The Balaban J connectivity index is 2.02. The van der Waals surface area contributed by atoms with Gasteiger partial charge in [-0.3, -0.25) is 4.68 Å². The molecule has 44 heavy (non-hydrogen) atoms. The van der Waals surface area contributed by atoms with Crippen LogP contribution in [0.2, 0.25) is 5.02 Å². The van der Waals surface area contributed by atoms with Gasteiger partial charge in [0.1, 0.15) is 28.6 Å². The number of ether oxygens (including phenoxy) is 1. The molecule has 15 heteroatoms. The van der Waals surface area contributed by atoms with Crippen LogP contribution in [-0.2, 0) is 27.5 Å². The van der Waals surface area contributed by atoms with Crippen LogP contribution in [0.4, 0.5) is 28.2 Å². The van der Waals surface area contributed by atoms with Crippen molar-refractivity contribution in [1.29, 1.82) is 0 Å². The summed E-state index contributed by atoms with van der Waals surface area (Å²) in [4.78, 5) is 16.6. The Morgan fingerprint density at radius 1 is 1.11 bits per heavy atom. The van der Waals surface area contributed by atoms with E-state index in [-0.39, 0.29) is 56.2 Å². The minimum atomic E-state index is -3.61. The molecular weight excluding hydrogens is 626 g/mol. The Morgan fingerprint density at radius 3 is 2.34 bits per heavy atom. The number of halogens is 5. The summed E-state index contributed by atoms with van der Waals surface area (Å²) >= 11 is 6.36. The van der Waals surface area contributed by atoms with E-state index in [1.807, 2.05) is 0 Å². The summed E-state index contributed by atoms with van der Waals surface area (Å²) in [6, 6.07) is 8.59. The van der Waals surface area contributed by atoms with Crippen LogP contribution in [0.3, 0.4) is 0 Å². The zero-order valence-electron chi connectivity index (χ0n) is 23.5. The molecule has 4 aromatic rings. The lowest BCUT2D eigenvalue weighted by Crippen LogP contribution is -2.28. The second-order valence-corrected chi connectivity index (χ2v) is 13.3. The van der Waals surface area contributed by atoms with Gasteiger partial charge in [-0.25, -0.2) is 35.8 Å². The van der Waals surface area contributed by atoms with Crippen molar-refractivity contribution >= 4 is 44.3 Å². The van der Waals surface area contributed by atoms with Crippen molar-refractivity contribution in [2.45, 2.75) is 44.1 Å². The number of hydrogen-bond acceptors (Lipinski definition) is 7. The number of hydrogen-bond donors (Lipinski definition) is 2. The highest BCUT2D eigenvalue weighted by atomic mass is 35.5. The van der Waals surface area contributed by atoms with Crippen molar-refractivity contribution in [3.63, 3.8) is 0 Å². The fourth-order valence-corrected chi connectivity index (χ4v) is 4.88. The predicted octanol–water partition coefficient (Wildman–Crippen LogP) is 5.43. The molecule has 0 fully saturated rings. The van der Waals surface area contributed by atoms with Crippen LogP contribution in [0, 0.1) is 23.5 Å².